The van der Waals surface area contributed by atoms with E-state index in [-0.39, 0.29) is 10.8 Å². The normalized spacial score (nSPS) is 11.2. The van der Waals surface area contributed by atoms with Crippen LogP contribution in [0.4, 0.5) is 11.4 Å². The molecule has 1 aromatic heterocycles. The first-order chi connectivity index (χ1) is 9.38. The molecule has 0 saturated heterocycles. The van der Waals surface area contributed by atoms with Crippen LogP contribution in [0.25, 0.3) is 0 Å². The number of hydrogen-bond acceptors (Lipinski definition) is 4. The van der Waals surface area contributed by atoms with Gasteiger partial charge in [0, 0.05) is 0 Å². The van der Waals surface area contributed by atoms with Crippen molar-refractivity contribution in [3.05, 3.63) is 45.4 Å². The Hall–Kier alpha value is -2.28. The van der Waals surface area contributed by atoms with E-state index in [0.717, 1.165) is 15.8 Å². The summed E-state index contributed by atoms with van der Waals surface area (Å²) in [5.41, 5.74) is 8.68. The average molecular weight is 289 g/mol. The summed E-state index contributed by atoms with van der Waals surface area (Å²) in [5.74, 6) is 0. The van der Waals surface area contributed by atoms with Crippen LogP contribution in [0, 0.1) is 20.8 Å². The quantitative estimate of drug-likeness (QED) is 0.658. The number of aromatic amines is 1. The average Bonchev–Trinajstić information content (AvgIpc) is 2.61. The minimum atomic E-state index is -0.400. The fraction of sp³-hybridized carbons (Fsp3) is 0.231. The third-order valence-electron chi connectivity index (χ3n) is 2.73. The molecule has 2 aromatic rings. The Kier molecular flexibility index (Phi) is 3.80. The summed E-state index contributed by atoms with van der Waals surface area (Å²) < 4.78 is 1.07. The highest BCUT2D eigenvalue weighted by molar-refractivity contribution is 7.80. The second-order valence-electron chi connectivity index (χ2n) is 4.61. The maximum Gasteiger partial charge on any atom is 0.301 e. The van der Waals surface area contributed by atoms with E-state index in [2.05, 4.69) is 15.3 Å². The van der Waals surface area contributed by atoms with Crippen molar-refractivity contribution in [2.24, 2.45) is 16.0 Å². The molecule has 1 heterocycles. The highest BCUT2D eigenvalue weighted by Gasteiger charge is 2.11. The number of thiocarbonyl (C=S) groups is 1. The largest absolute Gasteiger partial charge is 0.374 e. The summed E-state index contributed by atoms with van der Waals surface area (Å²) in [7, 11) is 0. The Bertz CT molecular complexity index is 736. The summed E-state index contributed by atoms with van der Waals surface area (Å²) in [5, 5.41) is 10.8. The van der Waals surface area contributed by atoms with Crippen LogP contribution in [0.3, 0.4) is 0 Å². The SMILES string of the molecule is Cc1cc(C)cc(N=Nc2c(C)[nH]n(C(N)=S)c2=O)c1. The van der Waals surface area contributed by atoms with Crippen LogP contribution in [0.5, 0.6) is 0 Å². The highest BCUT2D eigenvalue weighted by atomic mass is 32.1. The van der Waals surface area contributed by atoms with Crippen LogP contribution < -0.4 is 11.3 Å². The molecule has 3 N–H and O–H groups in total. The molecule has 0 atom stereocenters. The lowest BCUT2D eigenvalue weighted by Crippen LogP contribution is -2.29. The van der Waals surface area contributed by atoms with Gasteiger partial charge in [-0.1, -0.05) is 6.07 Å². The first-order valence-corrected chi connectivity index (χ1v) is 6.41. The van der Waals surface area contributed by atoms with Gasteiger partial charge < -0.3 is 5.73 Å². The van der Waals surface area contributed by atoms with Crippen molar-refractivity contribution in [1.29, 1.82) is 0 Å². The van der Waals surface area contributed by atoms with Gasteiger partial charge in [-0.3, -0.25) is 9.89 Å². The first kappa shape index (κ1) is 14.1. The van der Waals surface area contributed by atoms with E-state index in [9.17, 15) is 4.79 Å². The van der Waals surface area contributed by atoms with Crippen LogP contribution in [-0.2, 0) is 0 Å². The summed E-state index contributed by atoms with van der Waals surface area (Å²) in [6.07, 6.45) is 0. The lowest BCUT2D eigenvalue weighted by Gasteiger charge is -1.98. The van der Waals surface area contributed by atoms with Gasteiger partial charge in [-0.2, -0.15) is 9.80 Å². The molecule has 7 heteroatoms. The molecule has 6 nitrogen and oxygen atoms in total. The van der Waals surface area contributed by atoms with Crippen molar-refractivity contribution in [1.82, 2.24) is 9.78 Å². The van der Waals surface area contributed by atoms with Crippen molar-refractivity contribution < 1.29 is 0 Å². The maximum absolute atomic E-state index is 12.0. The molecular formula is C13H15N5OS. The molecule has 2 rings (SSSR count). The van der Waals surface area contributed by atoms with Gasteiger partial charge >= 0.3 is 5.56 Å². The third kappa shape index (κ3) is 2.83. The molecule has 0 unspecified atom stereocenters. The Morgan fingerprint density at radius 1 is 1.20 bits per heavy atom. The van der Waals surface area contributed by atoms with Gasteiger partial charge in [-0.25, -0.2) is 0 Å². The molecule has 20 heavy (non-hydrogen) atoms. The van der Waals surface area contributed by atoms with Crippen LogP contribution in [-0.4, -0.2) is 14.9 Å². The molecule has 0 aliphatic heterocycles. The molecule has 0 spiro atoms. The molecule has 0 fully saturated rings. The number of nitrogens with zero attached hydrogens (tertiary/aromatic N) is 3. The number of aromatic nitrogens is 2. The molecule has 104 valence electrons. The van der Waals surface area contributed by atoms with Gasteiger partial charge in [0.05, 0.1) is 11.4 Å². The van der Waals surface area contributed by atoms with Gasteiger partial charge in [0.2, 0.25) is 0 Å². The van der Waals surface area contributed by atoms with Crippen molar-refractivity contribution in [2.75, 3.05) is 0 Å². The first-order valence-electron chi connectivity index (χ1n) is 6.00. The highest BCUT2D eigenvalue weighted by Crippen LogP contribution is 2.20. The van der Waals surface area contributed by atoms with E-state index in [0.29, 0.717) is 11.4 Å². The lowest BCUT2D eigenvalue weighted by atomic mass is 10.1. The van der Waals surface area contributed by atoms with Crippen molar-refractivity contribution in [3.63, 3.8) is 0 Å². The van der Waals surface area contributed by atoms with Gasteiger partial charge in [0.15, 0.2) is 10.8 Å². The van der Waals surface area contributed by atoms with Crippen molar-refractivity contribution in [2.45, 2.75) is 20.8 Å². The Labute approximate surface area is 121 Å². The molecule has 0 aliphatic rings. The number of rotatable bonds is 2. The van der Waals surface area contributed by atoms with Crippen molar-refractivity contribution in [3.8, 4) is 0 Å². The topological polar surface area (TPSA) is 88.5 Å². The Balaban J connectivity index is 2.41. The number of aryl methyl sites for hydroxylation is 3. The monoisotopic (exact) mass is 289 g/mol. The second kappa shape index (κ2) is 5.38. The molecule has 1 aromatic carbocycles. The predicted octanol–water partition coefficient (Wildman–Crippen LogP) is 2.61. The van der Waals surface area contributed by atoms with Gasteiger partial charge in [0.25, 0.3) is 0 Å². The fourth-order valence-corrected chi connectivity index (χ4v) is 2.06. The number of H-pyrrole nitrogens is 1. The van der Waals surface area contributed by atoms with E-state index in [1.807, 2.05) is 32.0 Å². The van der Waals surface area contributed by atoms with E-state index in [1.165, 1.54) is 0 Å². The maximum atomic E-state index is 12.0. The zero-order chi connectivity index (χ0) is 14.9. The molecule has 0 saturated carbocycles. The Morgan fingerprint density at radius 2 is 1.80 bits per heavy atom. The third-order valence-corrected chi connectivity index (χ3v) is 2.92. The van der Waals surface area contributed by atoms with Crippen molar-refractivity contribution >= 4 is 28.7 Å². The van der Waals surface area contributed by atoms with E-state index in [4.69, 9.17) is 18.0 Å². The summed E-state index contributed by atoms with van der Waals surface area (Å²) in [4.78, 5) is 12.0. The number of benzene rings is 1. The lowest BCUT2D eigenvalue weighted by molar-refractivity contribution is 0.889. The van der Waals surface area contributed by atoms with Crippen LogP contribution in [0.1, 0.15) is 16.8 Å². The minimum Gasteiger partial charge on any atom is -0.374 e. The predicted molar refractivity (Wildman–Crippen MR) is 82.1 cm³/mol. The molecule has 0 radical (unpaired) electrons. The van der Waals surface area contributed by atoms with Crippen LogP contribution in [0.2, 0.25) is 0 Å². The number of hydrogen-bond donors (Lipinski definition) is 2. The minimum absolute atomic E-state index is 0.0500. The molecule has 0 aliphatic carbocycles. The summed E-state index contributed by atoms with van der Waals surface area (Å²) in [6, 6.07) is 5.83. The van der Waals surface area contributed by atoms with Gasteiger partial charge in [-0.15, -0.1) is 5.11 Å². The van der Waals surface area contributed by atoms with Gasteiger partial charge in [0.1, 0.15) is 0 Å². The van der Waals surface area contributed by atoms with Gasteiger partial charge in [-0.05, 0) is 56.2 Å². The summed E-state index contributed by atoms with van der Waals surface area (Å²) in [6.45, 7) is 5.67. The van der Waals surface area contributed by atoms with Crippen LogP contribution >= 0.6 is 12.2 Å². The number of nitrogens with one attached hydrogen (secondary N) is 1. The fourth-order valence-electron chi connectivity index (χ4n) is 1.93. The molecular weight excluding hydrogens is 274 g/mol. The number of azo groups is 1. The molecule has 0 bridgehead atoms. The summed E-state index contributed by atoms with van der Waals surface area (Å²) >= 11 is 4.77. The standard InChI is InChI=1S/C13H15N5OS/c1-7-4-8(2)6-10(5-7)15-16-11-9(3)17-18(12(11)19)13(14)20/h4-6,17H,1-3H3,(H2,14,20). The zero-order valence-corrected chi connectivity index (χ0v) is 12.3. The molecule has 0 amide bonds. The second-order valence-corrected chi connectivity index (χ2v) is 5.03. The number of nitrogens with two attached hydrogens (primary N) is 1. The van der Waals surface area contributed by atoms with E-state index in [1.54, 1.807) is 6.92 Å². The Morgan fingerprint density at radius 3 is 2.30 bits per heavy atom. The van der Waals surface area contributed by atoms with Crippen LogP contribution in [0.15, 0.2) is 33.2 Å². The van der Waals surface area contributed by atoms with E-state index < -0.39 is 5.56 Å². The zero-order valence-electron chi connectivity index (χ0n) is 11.5. The van der Waals surface area contributed by atoms with E-state index >= 15 is 0 Å². The smallest absolute Gasteiger partial charge is 0.301 e.